The van der Waals surface area contributed by atoms with Crippen molar-refractivity contribution < 1.29 is 4.79 Å². The van der Waals surface area contributed by atoms with Crippen molar-refractivity contribution in [3.05, 3.63) is 82.6 Å². The Morgan fingerprint density at radius 3 is 2.55 bits per heavy atom. The summed E-state index contributed by atoms with van der Waals surface area (Å²) in [6.45, 7) is 5.62. The largest absolute Gasteiger partial charge is 0.314 e. The standard InChI is InChI=1S/C24H24B2N4O/c1-17-7-5-6-10-20(17)24(25,26)30-22(31)19-16-28(15-18-8-3-2-4-9-18)13-11-21(19)29-14-12-27-23(29)30/h2-10H,11-16H2,1H3. The molecular weight excluding hydrogens is 382 g/mol. The van der Waals surface area contributed by atoms with Crippen LogP contribution in [0.4, 0.5) is 0 Å². The third-order valence-corrected chi connectivity index (χ3v) is 6.40. The van der Waals surface area contributed by atoms with Crippen LogP contribution in [0.1, 0.15) is 23.1 Å². The zero-order chi connectivity index (χ0) is 21.6. The van der Waals surface area contributed by atoms with Gasteiger partial charge >= 0.3 is 0 Å². The van der Waals surface area contributed by atoms with Crippen LogP contribution in [0.15, 0.2) is 70.9 Å². The normalized spacial score (nSPS) is 19.4. The van der Waals surface area contributed by atoms with Crippen molar-refractivity contribution >= 4 is 27.6 Å². The zero-order valence-corrected chi connectivity index (χ0v) is 17.8. The van der Waals surface area contributed by atoms with Gasteiger partial charge in [-0.1, -0.05) is 54.6 Å². The van der Waals surface area contributed by atoms with Crippen molar-refractivity contribution in [2.24, 2.45) is 4.99 Å². The Hall–Kier alpha value is -2.79. The number of aryl methyl sites for hydroxylation is 1. The van der Waals surface area contributed by atoms with Crippen LogP contribution in [0.5, 0.6) is 0 Å². The van der Waals surface area contributed by atoms with Crippen LogP contribution in [0.2, 0.25) is 0 Å². The monoisotopic (exact) mass is 406 g/mol. The number of rotatable bonds is 4. The van der Waals surface area contributed by atoms with Crippen LogP contribution in [0.3, 0.4) is 0 Å². The molecule has 7 heteroatoms. The minimum Gasteiger partial charge on any atom is -0.314 e. The predicted octanol–water partition coefficient (Wildman–Crippen LogP) is 2.12. The Labute approximate surface area is 186 Å². The second kappa shape index (κ2) is 7.72. The van der Waals surface area contributed by atoms with E-state index in [0.717, 1.165) is 48.5 Å². The maximum Gasteiger partial charge on any atom is 0.258 e. The Morgan fingerprint density at radius 1 is 1.03 bits per heavy atom. The molecule has 0 aliphatic carbocycles. The lowest BCUT2D eigenvalue weighted by Gasteiger charge is -2.49. The Morgan fingerprint density at radius 2 is 1.77 bits per heavy atom. The first kappa shape index (κ1) is 20.1. The number of hydrogen-bond donors (Lipinski definition) is 0. The van der Waals surface area contributed by atoms with Gasteiger partial charge in [0.2, 0.25) is 5.96 Å². The lowest BCUT2D eigenvalue weighted by Crippen LogP contribution is -2.62. The van der Waals surface area contributed by atoms with E-state index in [1.165, 1.54) is 10.5 Å². The van der Waals surface area contributed by atoms with E-state index in [0.29, 0.717) is 19.0 Å². The molecule has 0 spiro atoms. The molecule has 0 fully saturated rings. The molecule has 2 aromatic carbocycles. The minimum absolute atomic E-state index is 0.141. The van der Waals surface area contributed by atoms with Crippen LogP contribution < -0.4 is 0 Å². The maximum atomic E-state index is 13.8. The van der Waals surface area contributed by atoms with Crippen molar-refractivity contribution in [2.75, 3.05) is 26.2 Å². The smallest absolute Gasteiger partial charge is 0.258 e. The molecule has 0 N–H and O–H groups in total. The number of nitrogens with zero attached hydrogens (tertiary/aromatic N) is 4. The first-order valence-electron chi connectivity index (χ1n) is 10.8. The molecule has 0 saturated carbocycles. The second-order valence-electron chi connectivity index (χ2n) is 8.49. The number of hydrogen-bond acceptors (Lipinski definition) is 4. The van der Waals surface area contributed by atoms with Crippen molar-refractivity contribution in [1.82, 2.24) is 14.7 Å². The van der Waals surface area contributed by atoms with Crippen molar-refractivity contribution in [3.63, 3.8) is 0 Å². The summed E-state index contributed by atoms with van der Waals surface area (Å²) in [5, 5.41) is -1.48. The summed E-state index contributed by atoms with van der Waals surface area (Å²) in [6, 6.07) is 18.0. The highest BCUT2D eigenvalue weighted by Gasteiger charge is 2.46. The van der Waals surface area contributed by atoms with Gasteiger partial charge in [0.1, 0.15) is 0 Å². The molecule has 31 heavy (non-hydrogen) atoms. The molecule has 5 rings (SSSR count). The van der Waals surface area contributed by atoms with Crippen molar-refractivity contribution in [2.45, 2.75) is 25.2 Å². The molecule has 3 aliphatic rings. The summed E-state index contributed by atoms with van der Waals surface area (Å²) in [4.78, 5) is 24.4. The predicted molar refractivity (Wildman–Crippen MR) is 124 cm³/mol. The molecule has 0 aromatic heterocycles. The molecule has 3 heterocycles. The first-order chi connectivity index (χ1) is 15.0. The van der Waals surface area contributed by atoms with Gasteiger partial charge in [-0.3, -0.25) is 19.6 Å². The van der Waals surface area contributed by atoms with Crippen LogP contribution in [0, 0.1) is 6.92 Å². The summed E-state index contributed by atoms with van der Waals surface area (Å²) < 4.78 is 0. The number of guanidine groups is 1. The lowest BCUT2D eigenvalue weighted by atomic mass is 9.55. The number of carbonyl (C=O) groups excluding carboxylic acids is 1. The fourth-order valence-corrected chi connectivity index (χ4v) is 4.86. The van der Waals surface area contributed by atoms with Gasteiger partial charge in [0.15, 0.2) is 0 Å². The van der Waals surface area contributed by atoms with E-state index in [4.69, 9.17) is 15.7 Å². The number of aliphatic imine (C=N–C) groups is 1. The van der Waals surface area contributed by atoms with Gasteiger partial charge in [0.25, 0.3) is 5.91 Å². The van der Waals surface area contributed by atoms with Gasteiger partial charge in [-0.25, -0.2) is 0 Å². The summed E-state index contributed by atoms with van der Waals surface area (Å²) >= 11 is 0. The molecule has 5 nitrogen and oxygen atoms in total. The highest BCUT2D eigenvalue weighted by molar-refractivity contribution is 6.42. The number of fused-ring (bicyclic) bond motifs is 2. The number of amides is 1. The van der Waals surface area contributed by atoms with Gasteiger partial charge in [-0.15, -0.1) is 0 Å². The molecular formula is C24H24B2N4O. The van der Waals surface area contributed by atoms with E-state index in [2.05, 4.69) is 26.9 Å². The minimum atomic E-state index is -1.48. The Balaban J connectivity index is 1.50. The van der Waals surface area contributed by atoms with E-state index in [9.17, 15) is 4.79 Å². The third-order valence-electron chi connectivity index (χ3n) is 6.40. The highest BCUT2D eigenvalue weighted by Crippen LogP contribution is 2.36. The third kappa shape index (κ3) is 3.41. The topological polar surface area (TPSA) is 39.2 Å². The Kier molecular flexibility index (Phi) is 5.01. The van der Waals surface area contributed by atoms with Gasteiger partial charge in [0, 0.05) is 38.3 Å². The van der Waals surface area contributed by atoms with Gasteiger partial charge < -0.3 is 4.90 Å². The summed E-state index contributed by atoms with van der Waals surface area (Å²) in [7, 11) is 13.4. The molecule has 0 bridgehead atoms. The molecule has 152 valence electrons. The average molecular weight is 406 g/mol. The molecule has 0 atom stereocenters. The molecule has 3 aliphatic heterocycles. The fourth-order valence-electron chi connectivity index (χ4n) is 4.86. The van der Waals surface area contributed by atoms with Gasteiger partial charge in [-0.2, -0.15) is 0 Å². The van der Waals surface area contributed by atoms with E-state index < -0.39 is 5.34 Å². The van der Waals surface area contributed by atoms with E-state index in [-0.39, 0.29) is 5.91 Å². The van der Waals surface area contributed by atoms with Crippen molar-refractivity contribution in [3.8, 4) is 0 Å². The number of benzene rings is 2. The average Bonchev–Trinajstić information content (AvgIpc) is 3.24. The molecule has 0 saturated heterocycles. The van der Waals surface area contributed by atoms with E-state index >= 15 is 0 Å². The molecule has 0 unspecified atom stereocenters. The molecule has 2 aromatic rings. The van der Waals surface area contributed by atoms with Crippen LogP contribution in [-0.4, -0.2) is 68.4 Å². The Bertz CT molecular complexity index is 1080. The second-order valence-corrected chi connectivity index (χ2v) is 8.49. The van der Waals surface area contributed by atoms with Gasteiger partial charge in [0.05, 0.1) is 27.8 Å². The summed E-state index contributed by atoms with van der Waals surface area (Å²) in [5.41, 5.74) is 4.75. The zero-order valence-electron chi connectivity index (χ0n) is 17.8. The SMILES string of the molecule is [B]C([B])(c1ccccc1C)N1C(=O)C2=C(CCN(Cc3ccccc3)C2)N2CCN=C21. The number of carbonyl (C=O) groups is 1. The van der Waals surface area contributed by atoms with E-state index in [1.54, 1.807) is 0 Å². The maximum absolute atomic E-state index is 13.8. The van der Waals surface area contributed by atoms with Crippen LogP contribution in [-0.2, 0) is 16.7 Å². The highest BCUT2D eigenvalue weighted by atomic mass is 16.2. The van der Waals surface area contributed by atoms with Gasteiger partial charge in [-0.05, 0) is 29.0 Å². The fraction of sp³-hybridized carbons (Fsp3) is 0.333. The van der Waals surface area contributed by atoms with Crippen LogP contribution in [0.25, 0.3) is 0 Å². The first-order valence-corrected chi connectivity index (χ1v) is 10.8. The lowest BCUT2D eigenvalue weighted by molar-refractivity contribution is -0.126. The quantitative estimate of drug-likeness (QED) is 0.731. The van der Waals surface area contributed by atoms with E-state index in [1.807, 2.05) is 49.4 Å². The molecule has 1 amide bonds. The molecule has 4 radical (unpaired) electrons. The summed E-state index contributed by atoms with van der Waals surface area (Å²) in [5.74, 6) is 0.437. The van der Waals surface area contributed by atoms with Crippen molar-refractivity contribution in [1.29, 1.82) is 0 Å². The summed E-state index contributed by atoms with van der Waals surface area (Å²) in [6.07, 6.45) is 0.813. The van der Waals surface area contributed by atoms with Crippen LogP contribution >= 0.6 is 0 Å².